The van der Waals surface area contributed by atoms with Gasteiger partial charge in [0.05, 0.1) is 11.0 Å². The van der Waals surface area contributed by atoms with E-state index < -0.39 is 0 Å². The molecule has 0 aliphatic heterocycles. The summed E-state index contributed by atoms with van der Waals surface area (Å²) in [5.74, 6) is 1.85. The van der Waals surface area contributed by atoms with Crippen LogP contribution in [0.3, 0.4) is 0 Å². The summed E-state index contributed by atoms with van der Waals surface area (Å²) < 4.78 is 14.7. The lowest BCUT2D eigenvalue weighted by Gasteiger charge is -2.13. The predicted octanol–water partition coefficient (Wildman–Crippen LogP) is 10.0. The number of aromatic nitrogens is 5. The molecular weight excluding hydrogens is 582 g/mol. The minimum atomic E-state index is 0.582. The zero-order valence-electron chi connectivity index (χ0n) is 24.8. The molecule has 0 saturated heterocycles. The number of hydrogen-bond donors (Lipinski definition) is 0. The molecule has 220 valence electrons. The van der Waals surface area contributed by atoms with Gasteiger partial charge in [-0.25, -0.2) is 19.9 Å². The van der Waals surface area contributed by atoms with E-state index in [9.17, 15) is 0 Å². The third kappa shape index (κ3) is 4.07. The molecule has 10 aromatic rings. The van der Waals surface area contributed by atoms with Crippen molar-refractivity contribution < 1.29 is 8.83 Å². The fourth-order valence-corrected chi connectivity index (χ4v) is 6.61. The first-order valence-electron chi connectivity index (χ1n) is 15.4. The molecule has 0 aliphatic carbocycles. The highest BCUT2D eigenvalue weighted by molar-refractivity contribution is 6.12. The predicted molar refractivity (Wildman–Crippen MR) is 185 cm³/mol. The van der Waals surface area contributed by atoms with Crippen LogP contribution in [0.4, 0.5) is 0 Å². The molecule has 0 N–H and O–H groups in total. The van der Waals surface area contributed by atoms with Gasteiger partial charge in [-0.2, -0.15) is 0 Å². The molecule has 47 heavy (non-hydrogen) atoms. The Balaban J connectivity index is 1.25. The standard InChI is InChI=1S/C40H23N5O2/c1-2-9-28-24(8-1)20-27(23-31(28)38-41-18-7-19-42-38)45-34-16-14-25(39-43-32-10-3-5-12-36(32)46-39)21-29(34)30-22-26(15-17-35(30)45)40-44-33-11-4-6-13-37(33)47-40/h1-23H. The molecule has 4 heterocycles. The van der Waals surface area contributed by atoms with Crippen molar-refractivity contribution in [3.8, 4) is 40.0 Å². The summed E-state index contributed by atoms with van der Waals surface area (Å²) in [6.07, 6.45) is 3.57. The topological polar surface area (TPSA) is 82.8 Å². The molecule has 0 saturated carbocycles. The maximum Gasteiger partial charge on any atom is 0.227 e. The van der Waals surface area contributed by atoms with Crippen molar-refractivity contribution in [1.29, 1.82) is 0 Å². The van der Waals surface area contributed by atoms with Crippen LogP contribution in [0.2, 0.25) is 0 Å². The van der Waals surface area contributed by atoms with Crippen molar-refractivity contribution in [2.24, 2.45) is 0 Å². The zero-order chi connectivity index (χ0) is 30.9. The molecule has 0 atom stereocenters. The molecule has 0 spiro atoms. The second-order valence-corrected chi connectivity index (χ2v) is 11.6. The summed E-state index contributed by atoms with van der Waals surface area (Å²) in [6, 6.07) is 43.1. The van der Waals surface area contributed by atoms with Crippen LogP contribution in [0, 0.1) is 0 Å². The van der Waals surface area contributed by atoms with E-state index in [1.54, 1.807) is 12.4 Å². The molecule has 0 radical (unpaired) electrons. The minimum Gasteiger partial charge on any atom is -0.436 e. The van der Waals surface area contributed by atoms with E-state index in [-0.39, 0.29) is 0 Å². The number of hydrogen-bond acceptors (Lipinski definition) is 6. The van der Waals surface area contributed by atoms with Crippen LogP contribution in [0.15, 0.2) is 149 Å². The second kappa shape index (κ2) is 9.95. The number of benzene rings is 6. The normalized spacial score (nSPS) is 11.8. The second-order valence-electron chi connectivity index (χ2n) is 11.6. The zero-order valence-corrected chi connectivity index (χ0v) is 24.8. The van der Waals surface area contributed by atoms with Crippen molar-refractivity contribution >= 4 is 54.8 Å². The fourth-order valence-electron chi connectivity index (χ4n) is 6.61. The van der Waals surface area contributed by atoms with Gasteiger partial charge in [0.15, 0.2) is 17.0 Å². The molecule has 0 fully saturated rings. The monoisotopic (exact) mass is 605 g/mol. The van der Waals surface area contributed by atoms with E-state index in [0.717, 1.165) is 77.2 Å². The highest BCUT2D eigenvalue weighted by Gasteiger charge is 2.19. The van der Waals surface area contributed by atoms with Crippen LogP contribution >= 0.6 is 0 Å². The van der Waals surface area contributed by atoms with Crippen LogP contribution in [0.25, 0.3) is 94.8 Å². The van der Waals surface area contributed by atoms with Gasteiger partial charge in [-0.15, -0.1) is 0 Å². The van der Waals surface area contributed by atoms with Gasteiger partial charge in [0.1, 0.15) is 11.0 Å². The SMILES string of the molecule is c1cnc(-c2cc(-n3c4ccc(-c5nc6ccccc6o5)cc4c4cc(-c5nc6ccccc6o5)ccc43)cc3ccccc23)nc1. The van der Waals surface area contributed by atoms with Gasteiger partial charge in [0.2, 0.25) is 11.8 Å². The Bertz CT molecular complexity index is 2610. The molecule has 0 unspecified atom stereocenters. The van der Waals surface area contributed by atoms with Crippen molar-refractivity contribution in [2.75, 3.05) is 0 Å². The lowest BCUT2D eigenvalue weighted by Crippen LogP contribution is -1.97. The Morgan fingerprint density at radius 1 is 0.489 bits per heavy atom. The van der Waals surface area contributed by atoms with Gasteiger partial charge >= 0.3 is 0 Å². The van der Waals surface area contributed by atoms with Gasteiger partial charge in [0.25, 0.3) is 0 Å². The van der Waals surface area contributed by atoms with Gasteiger partial charge in [-0.3, -0.25) is 0 Å². The number of rotatable bonds is 4. The molecule has 0 bridgehead atoms. The summed E-state index contributed by atoms with van der Waals surface area (Å²) in [5, 5.41) is 4.32. The van der Waals surface area contributed by atoms with Gasteiger partial charge in [-0.1, -0.05) is 48.5 Å². The van der Waals surface area contributed by atoms with Crippen LogP contribution in [0.5, 0.6) is 0 Å². The van der Waals surface area contributed by atoms with Gasteiger partial charge < -0.3 is 13.4 Å². The van der Waals surface area contributed by atoms with Crippen LogP contribution in [-0.2, 0) is 0 Å². The highest BCUT2D eigenvalue weighted by Crippen LogP contribution is 2.39. The maximum atomic E-state index is 6.19. The van der Waals surface area contributed by atoms with E-state index in [0.29, 0.717) is 17.6 Å². The lowest BCUT2D eigenvalue weighted by molar-refractivity contribution is 0.619. The summed E-state index contributed by atoms with van der Waals surface area (Å²) in [5.41, 5.74) is 9.05. The summed E-state index contributed by atoms with van der Waals surface area (Å²) in [6.45, 7) is 0. The molecule has 7 nitrogen and oxygen atoms in total. The molecule has 4 aromatic heterocycles. The van der Waals surface area contributed by atoms with E-state index in [1.807, 2.05) is 54.6 Å². The molecule has 0 amide bonds. The lowest BCUT2D eigenvalue weighted by atomic mass is 10.0. The first-order valence-corrected chi connectivity index (χ1v) is 15.4. The van der Waals surface area contributed by atoms with Crippen molar-refractivity contribution in [1.82, 2.24) is 24.5 Å². The first-order chi connectivity index (χ1) is 23.3. The third-order valence-corrected chi connectivity index (χ3v) is 8.76. The molecule has 0 aliphatic rings. The van der Waals surface area contributed by atoms with E-state index in [1.165, 1.54) is 0 Å². The Hall–Kier alpha value is -6.60. The summed E-state index contributed by atoms with van der Waals surface area (Å²) in [7, 11) is 0. The molecular formula is C40H23N5O2. The molecule has 10 rings (SSSR count). The quantitative estimate of drug-likeness (QED) is 0.199. The van der Waals surface area contributed by atoms with Crippen LogP contribution in [0.1, 0.15) is 0 Å². The van der Waals surface area contributed by atoms with E-state index in [2.05, 4.69) is 87.3 Å². The van der Waals surface area contributed by atoms with Crippen molar-refractivity contribution in [3.05, 3.63) is 140 Å². The maximum absolute atomic E-state index is 6.19. The Kier molecular flexibility index (Phi) is 5.44. The number of nitrogens with zero attached hydrogens (tertiary/aromatic N) is 5. The van der Waals surface area contributed by atoms with Crippen LogP contribution in [-0.4, -0.2) is 24.5 Å². The molecule has 7 heteroatoms. The van der Waals surface area contributed by atoms with Gasteiger partial charge in [-0.05, 0) is 89.6 Å². The third-order valence-electron chi connectivity index (χ3n) is 8.76. The minimum absolute atomic E-state index is 0.582. The number of para-hydroxylation sites is 4. The van der Waals surface area contributed by atoms with Gasteiger partial charge in [0, 0.05) is 45.5 Å². The number of fused-ring (bicyclic) bond motifs is 6. The van der Waals surface area contributed by atoms with E-state index in [4.69, 9.17) is 18.8 Å². The largest absolute Gasteiger partial charge is 0.436 e. The Morgan fingerprint density at radius 3 is 1.68 bits per heavy atom. The summed E-state index contributed by atoms with van der Waals surface area (Å²) in [4.78, 5) is 18.8. The number of oxazole rings is 2. The summed E-state index contributed by atoms with van der Waals surface area (Å²) >= 11 is 0. The average molecular weight is 606 g/mol. The average Bonchev–Trinajstić information content (AvgIpc) is 3.85. The van der Waals surface area contributed by atoms with E-state index >= 15 is 0 Å². The van der Waals surface area contributed by atoms with Crippen molar-refractivity contribution in [2.45, 2.75) is 0 Å². The van der Waals surface area contributed by atoms with Crippen LogP contribution < -0.4 is 0 Å². The smallest absolute Gasteiger partial charge is 0.227 e. The Morgan fingerprint density at radius 2 is 1.06 bits per heavy atom. The highest BCUT2D eigenvalue weighted by atomic mass is 16.4. The van der Waals surface area contributed by atoms with Crippen molar-refractivity contribution in [3.63, 3.8) is 0 Å². The Labute approximate surface area is 267 Å². The first kappa shape index (κ1) is 25.7. The fraction of sp³-hybridized carbons (Fsp3) is 0. The molecule has 6 aromatic carbocycles.